The number of hydrogen-bond acceptors (Lipinski definition) is 3. The van der Waals surface area contributed by atoms with Crippen LogP contribution in [0.5, 0.6) is 0 Å². The minimum atomic E-state index is -0.236. The molecular formula is C22H20Cl2N4O2. The van der Waals surface area contributed by atoms with Crippen molar-refractivity contribution in [1.82, 2.24) is 4.57 Å². The first kappa shape index (κ1) is 21.7. The van der Waals surface area contributed by atoms with E-state index < -0.39 is 0 Å². The first-order valence-corrected chi connectivity index (χ1v) is 10.1. The first-order valence-electron chi connectivity index (χ1n) is 9.30. The molecule has 0 saturated heterocycles. The lowest BCUT2D eigenvalue weighted by Crippen LogP contribution is -2.20. The number of rotatable bonds is 6. The van der Waals surface area contributed by atoms with Crippen LogP contribution in [0, 0.1) is 17.2 Å². The van der Waals surface area contributed by atoms with Gasteiger partial charge in [0.05, 0.1) is 21.3 Å². The van der Waals surface area contributed by atoms with Crippen molar-refractivity contribution in [3.63, 3.8) is 0 Å². The third-order valence-electron chi connectivity index (χ3n) is 4.69. The standard InChI is InChI=1S/C22H20Cl2N4O2/c1-13(7-21(29)26-16-4-3-15(12-25)17(23)10-16)8-22(30)27-19-9-14-5-6-28(2)20(14)11-18(19)24/h3-6,9-11,13H,7-8H2,1-2H3,(H,26,29)(H,27,30). The van der Waals surface area contributed by atoms with Crippen LogP contribution in [0.3, 0.4) is 0 Å². The normalized spacial score (nSPS) is 11.7. The molecule has 0 fully saturated rings. The Morgan fingerprint density at radius 1 is 1.07 bits per heavy atom. The number of aromatic nitrogens is 1. The van der Waals surface area contributed by atoms with Gasteiger partial charge in [-0.05, 0) is 42.3 Å². The van der Waals surface area contributed by atoms with Crippen molar-refractivity contribution in [3.8, 4) is 6.07 Å². The molecule has 2 amide bonds. The Balaban J connectivity index is 1.55. The van der Waals surface area contributed by atoms with Crippen molar-refractivity contribution in [2.45, 2.75) is 19.8 Å². The molecule has 1 atom stereocenters. The first-order chi connectivity index (χ1) is 14.3. The fraction of sp³-hybridized carbons (Fsp3) is 0.227. The summed E-state index contributed by atoms with van der Waals surface area (Å²) in [7, 11) is 1.93. The zero-order valence-electron chi connectivity index (χ0n) is 16.5. The van der Waals surface area contributed by atoms with E-state index >= 15 is 0 Å². The lowest BCUT2D eigenvalue weighted by molar-refractivity contribution is -0.118. The Morgan fingerprint density at radius 3 is 2.43 bits per heavy atom. The van der Waals surface area contributed by atoms with Gasteiger partial charge in [0.25, 0.3) is 0 Å². The van der Waals surface area contributed by atoms with Gasteiger partial charge in [-0.3, -0.25) is 9.59 Å². The number of fused-ring (bicyclic) bond motifs is 1. The van der Waals surface area contributed by atoms with Crippen molar-refractivity contribution < 1.29 is 9.59 Å². The van der Waals surface area contributed by atoms with Gasteiger partial charge in [-0.15, -0.1) is 0 Å². The molecule has 154 valence electrons. The molecule has 1 aromatic heterocycles. The van der Waals surface area contributed by atoms with Crippen LogP contribution in [-0.4, -0.2) is 16.4 Å². The molecule has 0 bridgehead atoms. The summed E-state index contributed by atoms with van der Waals surface area (Å²) in [6.45, 7) is 1.83. The fourth-order valence-corrected chi connectivity index (χ4v) is 3.62. The number of nitrogens with zero attached hydrogens (tertiary/aromatic N) is 2. The Bertz CT molecular complexity index is 1160. The summed E-state index contributed by atoms with van der Waals surface area (Å²) in [5.41, 5.74) is 2.37. The van der Waals surface area contributed by atoms with Crippen LogP contribution in [-0.2, 0) is 16.6 Å². The maximum absolute atomic E-state index is 12.4. The number of carbonyl (C=O) groups is 2. The van der Waals surface area contributed by atoms with Crippen molar-refractivity contribution >= 4 is 57.3 Å². The average Bonchev–Trinajstić information content (AvgIpc) is 3.01. The lowest BCUT2D eigenvalue weighted by Gasteiger charge is -2.13. The maximum Gasteiger partial charge on any atom is 0.224 e. The number of anilines is 2. The maximum atomic E-state index is 12.4. The highest BCUT2D eigenvalue weighted by molar-refractivity contribution is 6.34. The van der Waals surface area contributed by atoms with Crippen LogP contribution in [0.15, 0.2) is 42.6 Å². The highest BCUT2D eigenvalue weighted by Gasteiger charge is 2.16. The summed E-state index contributed by atoms with van der Waals surface area (Å²) < 4.78 is 1.95. The number of hydrogen-bond donors (Lipinski definition) is 2. The Labute approximate surface area is 184 Å². The number of halogens is 2. The van der Waals surface area contributed by atoms with Crippen LogP contribution < -0.4 is 10.6 Å². The molecule has 0 spiro atoms. The van der Waals surface area contributed by atoms with E-state index in [9.17, 15) is 9.59 Å². The molecule has 6 nitrogen and oxygen atoms in total. The summed E-state index contributed by atoms with van der Waals surface area (Å²) in [4.78, 5) is 24.7. The number of nitrogens with one attached hydrogen (secondary N) is 2. The minimum absolute atomic E-state index is 0.163. The third-order valence-corrected chi connectivity index (χ3v) is 5.31. The van der Waals surface area contributed by atoms with Gasteiger partial charge in [0.1, 0.15) is 6.07 Å². The lowest BCUT2D eigenvalue weighted by atomic mass is 10.0. The van der Waals surface area contributed by atoms with Crippen molar-refractivity contribution in [2.24, 2.45) is 13.0 Å². The molecule has 0 aliphatic heterocycles. The summed E-state index contributed by atoms with van der Waals surface area (Å²) in [5, 5.41) is 16.2. The monoisotopic (exact) mass is 442 g/mol. The number of benzene rings is 2. The van der Waals surface area contributed by atoms with E-state index in [4.69, 9.17) is 28.5 Å². The second-order valence-electron chi connectivity index (χ2n) is 7.23. The van der Waals surface area contributed by atoms with Crippen LogP contribution in [0.25, 0.3) is 10.9 Å². The predicted octanol–water partition coefficient (Wildman–Crippen LogP) is 5.35. The number of aryl methyl sites for hydroxylation is 1. The van der Waals surface area contributed by atoms with Crippen LogP contribution in [0.1, 0.15) is 25.3 Å². The molecule has 2 N–H and O–H groups in total. The van der Waals surface area contributed by atoms with Gasteiger partial charge in [-0.25, -0.2) is 0 Å². The van der Waals surface area contributed by atoms with Gasteiger partial charge < -0.3 is 15.2 Å². The Morgan fingerprint density at radius 2 is 1.77 bits per heavy atom. The molecule has 8 heteroatoms. The van der Waals surface area contributed by atoms with Gasteiger partial charge in [0, 0.05) is 42.7 Å². The van der Waals surface area contributed by atoms with E-state index in [1.54, 1.807) is 12.1 Å². The molecular weight excluding hydrogens is 423 g/mol. The summed E-state index contributed by atoms with van der Waals surface area (Å²) in [5.74, 6) is -0.633. The van der Waals surface area contributed by atoms with Gasteiger partial charge in [-0.2, -0.15) is 5.26 Å². The van der Waals surface area contributed by atoms with Crippen LogP contribution in [0.4, 0.5) is 11.4 Å². The largest absolute Gasteiger partial charge is 0.351 e. The molecule has 0 radical (unpaired) electrons. The molecule has 30 heavy (non-hydrogen) atoms. The minimum Gasteiger partial charge on any atom is -0.351 e. The summed E-state index contributed by atoms with van der Waals surface area (Å²) in [6, 6.07) is 12.2. The smallest absolute Gasteiger partial charge is 0.224 e. The van der Waals surface area contributed by atoms with Gasteiger partial charge in [0.2, 0.25) is 11.8 Å². The van der Waals surface area contributed by atoms with Crippen LogP contribution in [0.2, 0.25) is 10.0 Å². The van der Waals surface area contributed by atoms with E-state index in [1.807, 2.05) is 49.0 Å². The average molecular weight is 443 g/mol. The molecule has 0 saturated carbocycles. The van der Waals surface area contributed by atoms with E-state index in [1.165, 1.54) is 6.07 Å². The zero-order chi connectivity index (χ0) is 21.8. The second kappa shape index (κ2) is 9.21. The van der Waals surface area contributed by atoms with Gasteiger partial charge in [-0.1, -0.05) is 30.1 Å². The van der Waals surface area contributed by atoms with Crippen LogP contribution >= 0.6 is 23.2 Å². The molecule has 3 rings (SSSR count). The molecule has 0 aliphatic rings. The quantitative estimate of drug-likeness (QED) is 0.539. The SMILES string of the molecule is CC(CC(=O)Nc1ccc(C#N)c(Cl)c1)CC(=O)Nc1cc2ccn(C)c2cc1Cl. The van der Waals surface area contributed by atoms with E-state index in [2.05, 4.69) is 10.6 Å². The van der Waals surface area contributed by atoms with E-state index in [-0.39, 0.29) is 35.6 Å². The van der Waals surface area contributed by atoms with Crippen molar-refractivity contribution in [1.29, 1.82) is 5.26 Å². The highest BCUT2D eigenvalue weighted by Crippen LogP contribution is 2.29. The molecule has 3 aromatic rings. The fourth-order valence-electron chi connectivity index (χ4n) is 3.19. The predicted molar refractivity (Wildman–Crippen MR) is 120 cm³/mol. The Kier molecular flexibility index (Phi) is 6.66. The molecule has 1 unspecified atom stereocenters. The van der Waals surface area contributed by atoms with E-state index in [0.717, 1.165) is 10.9 Å². The van der Waals surface area contributed by atoms with Crippen molar-refractivity contribution in [2.75, 3.05) is 10.6 Å². The summed E-state index contributed by atoms with van der Waals surface area (Å²) in [6.07, 6.45) is 2.26. The number of carbonyl (C=O) groups excluding carboxylic acids is 2. The second-order valence-corrected chi connectivity index (χ2v) is 8.05. The zero-order valence-corrected chi connectivity index (χ0v) is 18.0. The Hall–Kier alpha value is -3.01. The summed E-state index contributed by atoms with van der Waals surface area (Å²) >= 11 is 12.3. The number of nitriles is 1. The topological polar surface area (TPSA) is 86.9 Å². The highest BCUT2D eigenvalue weighted by atomic mass is 35.5. The third kappa shape index (κ3) is 5.12. The van der Waals surface area contributed by atoms with Crippen molar-refractivity contribution in [3.05, 3.63) is 58.2 Å². The molecule has 2 aromatic carbocycles. The molecule has 1 heterocycles. The van der Waals surface area contributed by atoms with Gasteiger partial charge >= 0.3 is 0 Å². The molecule has 0 aliphatic carbocycles. The number of amides is 2. The van der Waals surface area contributed by atoms with Gasteiger partial charge in [0.15, 0.2) is 0 Å². The van der Waals surface area contributed by atoms with E-state index in [0.29, 0.717) is 22.0 Å².